The molecule has 0 aliphatic heterocycles. The SMILES string of the molecule is CC(NCc1ncnn1C)C(=O)NC(C)(C)C. The van der Waals surface area contributed by atoms with E-state index in [4.69, 9.17) is 0 Å². The molecule has 0 radical (unpaired) electrons. The van der Waals surface area contributed by atoms with Crippen LogP contribution in [0.3, 0.4) is 0 Å². The predicted molar refractivity (Wildman–Crippen MR) is 65.2 cm³/mol. The zero-order chi connectivity index (χ0) is 13.1. The summed E-state index contributed by atoms with van der Waals surface area (Å²) in [5, 5.41) is 10.00. The van der Waals surface area contributed by atoms with Gasteiger partial charge in [-0.25, -0.2) is 4.98 Å². The maximum atomic E-state index is 11.8. The van der Waals surface area contributed by atoms with Gasteiger partial charge in [-0.1, -0.05) is 0 Å². The minimum Gasteiger partial charge on any atom is -0.350 e. The average molecular weight is 239 g/mol. The minimum atomic E-state index is -0.258. The van der Waals surface area contributed by atoms with Gasteiger partial charge in [0.15, 0.2) is 0 Å². The van der Waals surface area contributed by atoms with Crippen molar-refractivity contribution in [2.24, 2.45) is 7.05 Å². The third kappa shape index (κ3) is 4.52. The lowest BCUT2D eigenvalue weighted by Crippen LogP contribution is -2.49. The van der Waals surface area contributed by atoms with Crippen LogP contribution in [0.4, 0.5) is 0 Å². The summed E-state index contributed by atoms with van der Waals surface area (Å²) in [6, 6.07) is -0.258. The largest absolute Gasteiger partial charge is 0.350 e. The zero-order valence-electron chi connectivity index (χ0n) is 11.1. The van der Waals surface area contributed by atoms with Gasteiger partial charge in [0, 0.05) is 12.6 Å². The van der Waals surface area contributed by atoms with Gasteiger partial charge in [-0.2, -0.15) is 5.10 Å². The van der Waals surface area contributed by atoms with E-state index in [0.29, 0.717) is 6.54 Å². The van der Waals surface area contributed by atoms with Crippen molar-refractivity contribution in [3.63, 3.8) is 0 Å². The molecule has 1 rings (SSSR count). The standard InChI is InChI=1S/C11H21N5O/c1-8(10(17)15-11(2,3)4)12-6-9-13-7-14-16(9)5/h7-8,12H,6H2,1-5H3,(H,15,17). The molecule has 96 valence electrons. The fraction of sp³-hybridized carbons (Fsp3) is 0.727. The number of hydrogen-bond donors (Lipinski definition) is 2. The molecule has 0 spiro atoms. The maximum Gasteiger partial charge on any atom is 0.237 e. The molecule has 2 N–H and O–H groups in total. The van der Waals surface area contributed by atoms with E-state index in [-0.39, 0.29) is 17.5 Å². The second kappa shape index (κ2) is 5.27. The van der Waals surface area contributed by atoms with Crippen LogP contribution < -0.4 is 10.6 Å². The molecular formula is C11H21N5O. The van der Waals surface area contributed by atoms with Crippen LogP contribution in [0.15, 0.2) is 6.33 Å². The molecule has 1 aromatic heterocycles. The Kier molecular flexibility index (Phi) is 4.22. The molecule has 0 saturated heterocycles. The van der Waals surface area contributed by atoms with Crippen LogP contribution in [0.2, 0.25) is 0 Å². The number of nitrogens with one attached hydrogen (secondary N) is 2. The Bertz CT molecular complexity index is 379. The number of amides is 1. The highest BCUT2D eigenvalue weighted by atomic mass is 16.2. The monoisotopic (exact) mass is 239 g/mol. The molecule has 0 fully saturated rings. The Labute approximate surface area is 102 Å². The van der Waals surface area contributed by atoms with E-state index >= 15 is 0 Å². The van der Waals surface area contributed by atoms with Crippen molar-refractivity contribution in [2.75, 3.05) is 0 Å². The minimum absolute atomic E-state index is 0.0142. The first kappa shape index (κ1) is 13.6. The molecule has 17 heavy (non-hydrogen) atoms. The van der Waals surface area contributed by atoms with Crippen LogP contribution in [0, 0.1) is 0 Å². The van der Waals surface area contributed by atoms with E-state index in [1.54, 1.807) is 4.68 Å². The Morgan fingerprint density at radius 2 is 2.18 bits per heavy atom. The molecule has 1 heterocycles. The van der Waals surface area contributed by atoms with Gasteiger partial charge in [0.05, 0.1) is 12.6 Å². The molecule has 6 nitrogen and oxygen atoms in total. The topological polar surface area (TPSA) is 71.8 Å². The van der Waals surface area contributed by atoms with Crippen LogP contribution >= 0.6 is 0 Å². The first-order valence-corrected chi connectivity index (χ1v) is 5.68. The maximum absolute atomic E-state index is 11.8. The summed E-state index contributed by atoms with van der Waals surface area (Å²) in [5.74, 6) is 0.792. The first-order valence-electron chi connectivity index (χ1n) is 5.68. The van der Waals surface area contributed by atoms with Crippen molar-refractivity contribution in [3.05, 3.63) is 12.2 Å². The molecule has 0 aromatic carbocycles. The lowest BCUT2D eigenvalue weighted by molar-refractivity contribution is -0.124. The van der Waals surface area contributed by atoms with Gasteiger partial charge in [-0.3, -0.25) is 14.8 Å². The molecule has 1 unspecified atom stereocenters. The normalized spacial score (nSPS) is 13.5. The second-order valence-corrected chi connectivity index (χ2v) is 5.14. The highest BCUT2D eigenvalue weighted by molar-refractivity contribution is 5.81. The van der Waals surface area contributed by atoms with Crippen LogP contribution in [0.1, 0.15) is 33.5 Å². The quantitative estimate of drug-likeness (QED) is 0.788. The summed E-state index contributed by atoms with van der Waals surface area (Å²) in [6.07, 6.45) is 1.50. The van der Waals surface area contributed by atoms with E-state index < -0.39 is 0 Å². The molecule has 1 atom stereocenters. The molecule has 1 amide bonds. The number of hydrogen-bond acceptors (Lipinski definition) is 4. The average Bonchev–Trinajstić information content (AvgIpc) is 2.57. The number of aromatic nitrogens is 3. The first-order chi connectivity index (χ1) is 7.79. The molecule has 1 aromatic rings. The highest BCUT2D eigenvalue weighted by Gasteiger charge is 2.19. The molecule has 6 heteroatoms. The molecule has 0 bridgehead atoms. The second-order valence-electron chi connectivity index (χ2n) is 5.14. The van der Waals surface area contributed by atoms with E-state index in [1.807, 2.05) is 34.7 Å². The number of carbonyl (C=O) groups is 1. The smallest absolute Gasteiger partial charge is 0.237 e. The molecule has 0 aliphatic carbocycles. The number of carbonyl (C=O) groups excluding carboxylic acids is 1. The molecule has 0 aliphatic rings. The molecule has 0 saturated carbocycles. The summed E-state index contributed by atoms with van der Waals surface area (Å²) in [7, 11) is 1.82. The van der Waals surface area contributed by atoms with Gasteiger partial charge in [0.25, 0.3) is 0 Å². The van der Waals surface area contributed by atoms with Crippen molar-refractivity contribution in [1.29, 1.82) is 0 Å². The predicted octanol–water partition coefficient (Wildman–Crippen LogP) is 0.208. The lowest BCUT2D eigenvalue weighted by atomic mass is 10.1. The fourth-order valence-corrected chi connectivity index (χ4v) is 1.30. The van der Waals surface area contributed by atoms with Gasteiger partial charge in [0.2, 0.25) is 5.91 Å². The van der Waals surface area contributed by atoms with Crippen LogP contribution in [0.5, 0.6) is 0 Å². The Hall–Kier alpha value is -1.43. The van der Waals surface area contributed by atoms with E-state index in [1.165, 1.54) is 6.33 Å². The summed E-state index contributed by atoms with van der Waals surface area (Å²) >= 11 is 0. The van der Waals surface area contributed by atoms with Crippen molar-refractivity contribution in [1.82, 2.24) is 25.4 Å². The Morgan fingerprint density at radius 1 is 1.53 bits per heavy atom. The highest BCUT2D eigenvalue weighted by Crippen LogP contribution is 2.00. The Balaban J connectivity index is 2.42. The van der Waals surface area contributed by atoms with Crippen LogP contribution in [-0.4, -0.2) is 32.3 Å². The summed E-state index contributed by atoms with van der Waals surface area (Å²) in [6.45, 7) is 8.23. The number of nitrogens with zero attached hydrogens (tertiary/aromatic N) is 3. The fourth-order valence-electron chi connectivity index (χ4n) is 1.30. The van der Waals surface area contributed by atoms with Crippen molar-refractivity contribution in [2.45, 2.75) is 45.8 Å². The van der Waals surface area contributed by atoms with Crippen LogP contribution in [0.25, 0.3) is 0 Å². The van der Waals surface area contributed by atoms with Gasteiger partial charge in [-0.15, -0.1) is 0 Å². The van der Waals surface area contributed by atoms with Crippen LogP contribution in [-0.2, 0) is 18.4 Å². The lowest BCUT2D eigenvalue weighted by Gasteiger charge is -2.23. The van der Waals surface area contributed by atoms with Gasteiger partial charge in [0.1, 0.15) is 12.2 Å². The summed E-state index contributed by atoms with van der Waals surface area (Å²) in [4.78, 5) is 15.9. The third-order valence-electron chi connectivity index (χ3n) is 2.26. The van der Waals surface area contributed by atoms with Gasteiger partial charge < -0.3 is 5.32 Å². The third-order valence-corrected chi connectivity index (χ3v) is 2.26. The number of aryl methyl sites for hydroxylation is 1. The van der Waals surface area contributed by atoms with Gasteiger partial charge in [-0.05, 0) is 27.7 Å². The van der Waals surface area contributed by atoms with E-state index in [0.717, 1.165) is 5.82 Å². The van der Waals surface area contributed by atoms with E-state index in [9.17, 15) is 4.79 Å². The van der Waals surface area contributed by atoms with Crippen molar-refractivity contribution < 1.29 is 4.79 Å². The molecular weight excluding hydrogens is 218 g/mol. The zero-order valence-corrected chi connectivity index (χ0v) is 11.1. The van der Waals surface area contributed by atoms with E-state index in [2.05, 4.69) is 20.7 Å². The van der Waals surface area contributed by atoms with Crippen molar-refractivity contribution >= 4 is 5.91 Å². The van der Waals surface area contributed by atoms with Gasteiger partial charge >= 0.3 is 0 Å². The van der Waals surface area contributed by atoms with Crippen molar-refractivity contribution in [3.8, 4) is 0 Å². The summed E-state index contributed by atoms with van der Waals surface area (Å²) < 4.78 is 1.68. The Morgan fingerprint density at radius 3 is 2.65 bits per heavy atom. The summed E-state index contributed by atoms with van der Waals surface area (Å²) in [5.41, 5.74) is -0.211. The number of rotatable bonds is 4.